The van der Waals surface area contributed by atoms with Crippen LogP contribution in [-0.4, -0.2) is 15.0 Å². The molecule has 0 spiro atoms. The van der Waals surface area contributed by atoms with Crippen LogP contribution in [-0.2, 0) is 16.4 Å². The summed E-state index contributed by atoms with van der Waals surface area (Å²) in [5.74, 6) is 0. The lowest BCUT2D eigenvalue weighted by molar-refractivity contribution is 0.592. The predicted molar refractivity (Wildman–Crippen MR) is 80.5 cm³/mol. The minimum atomic E-state index is -3.57. The third-order valence-electron chi connectivity index (χ3n) is 3.42. The van der Waals surface area contributed by atoms with Gasteiger partial charge in [0, 0.05) is 22.8 Å². The Bertz CT molecular complexity index is 757. The van der Waals surface area contributed by atoms with Crippen molar-refractivity contribution in [1.29, 1.82) is 0 Å². The molecule has 0 unspecified atom stereocenters. The average molecular weight is 309 g/mol. The Labute approximate surface area is 122 Å². The second-order valence-corrected chi connectivity index (χ2v) is 6.92. The number of anilines is 2. The molecule has 1 aliphatic rings. The zero-order chi connectivity index (χ0) is 14.3. The number of rotatable bonds is 2. The normalized spacial score (nSPS) is 14.3. The van der Waals surface area contributed by atoms with Gasteiger partial charge in [0.15, 0.2) is 0 Å². The van der Waals surface area contributed by atoms with Gasteiger partial charge in [0.1, 0.15) is 0 Å². The molecule has 6 heteroatoms. The zero-order valence-electron chi connectivity index (χ0n) is 10.6. The topological polar surface area (TPSA) is 63.4 Å². The van der Waals surface area contributed by atoms with Crippen LogP contribution in [0, 0.1) is 0 Å². The van der Waals surface area contributed by atoms with E-state index in [1.54, 1.807) is 30.3 Å². The largest absolute Gasteiger partial charge is 0.398 e. The van der Waals surface area contributed by atoms with Crippen LogP contribution < -0.4 is 10.0 Å². The summed E-state index contributed by atoms with van der Waals surface area (Å²) >= 11 is 5.80. The van der Waals surface area contributed by atoms with E-state index in [0.29, 0.717) is 29.4 Å². The van der Waals surface area contributed by atoms with Crippen LogP contribution in [0.2, 0.25) is 5.02 Å². The molecule has 2 N–H and O–H groups in total. The van der Waals surface area contributed by atoms with Gasteiger partial charge in [0.2, 0.25) is 0 Å². The number of nitrogen functional groups attached to an aromatic ring is 1. The maximum atomic E-state index is 12.7. The smallest absolute Gasteiger partial charge is 0.264 e. The third kappa shape index (κ3) is 2.03. The molecule has 0 saturated carbocycles. The van der Waals surface area contributed by atoms with E-state index in [1.807, 2.05) is 0 Å². The molecule has 0 atom stereocenters. The molecule has 0 radical (unpaired) electrons. The van der Waals surface area contributed by atoms with Crippen LogP contribution in [0.4, 0.5) is 11.4 Å². The summed E-state index contributed by atoms with van der Waals surface area (Å²) in [6.07, 6.45) is 0.634. The van der Waals surface area contributed by atoms with Gasteiger partial charge < -0.3 is 5.73 Å². The van der Waals surface area contributed by atoms with Crippen molar-refractivity contribution in [3.8, 4) is 0 Å². The summed E-state index contributed by atoms with van der Waals surface area (Å²) in [4.78, 5) is 0.233. The van der Waals surface area contributed by atoms with Crippen molar-refractivity contribution in [2.45, 2.75) is 11.3 Å². The first kappa shape index (κ1) is 13.3. The van der Waals surface area contributed by atoms with Gasteiger partial charge in [-0.1, -0.05) is 17.7 Å². The summed E-state index contributed by atoms with van der Waals surface area (Å²) in [7, 11) is -3.57. The Morgan fingerprint density at radius 3 is 2.50 bits per heavy atom. The van der Waals surface area contributed by atoms with Crippen molar-refractivity contribution in [3.63, 3.8) is 0 Å². The van der Waals surface area contributed by atoms with Gasteiger partial charge in [-0.25, -0.2) is 8.42 Å². The van der Waals surface area contributed by atoms with E-state index in [9.17, 15) is 8.42 Å². The van der Waals surface area contributed by atoms with Crippen LogP contribution in [0.3, 0.4) is 0 Å². The van der Waals surface area contributed by atoms with Crippen molar-refractivity contribution >= 4 is 33.0 Å². The van der Waals surface area contributed by atoms with Crippen LogP contribution >= 0.6 is 11.6 Å². The second kappa shape index (κ2) is 4.68. The molecule has 104 valence electrons. The number of sulfonamides is 1. The van der Waals surface area contributed by atoms with Crippen molar-refractivity contribution in [2.75, 3.05) is 16.6 Å². The fourth-order valence-electron chi connectivity index (χ4n) is 2.42. The number of nitrogens with two attached hydrogens (primary N) is 1. The van der Waals surface area contributed by atoms with E-state index in [0.717, 1.165) is 5.56 Å². The van der Waals surface area contributed by atoms with Crippen LogP contribution in [0.1, 0.15) is 5.56 Å². The predicted octanol–water partition coefficient (Wildman–Crippen LogP) is 2.67. The molecule has 2 aromatic rings. The summed E-state index contributed by atoms with van der Waals surface area (Å²) < 4.78 is 26.7. The van der Waals surface area contributed by atoms with Crippen LogP contribution in [0.5, 0.6) is 0 Å². The Hall–Kier alpha value is -1.72. The Morgan fingerprint density at radius 2 is 1.80 bits per heavy atom. The van der Waals surface area contributed by atoms with Gasteiger partial charge in [-0.3, -0.25) is 4.31 Å². The highest BCUT2D eigenvalue weighted by Gasteiger charge is 2.31. The molecule has 1 heterocycles. The first-order valence-corrected chi connectivity index (χ1v) is 7.97. The standard InChI is InChI=1S/C14H13ClN2O2S/c15-10-4-6-11(7-5-10)20(18,19)17-9-8-12-13(16)2-1-3-14(12)17/h1-7H,8-9,16H2. The highest BCUT2D eigenvalue weighted by molar-refractivity contribution is 7.92. The lowest BCUT2D eigenvalue weighted by atomic mass is 10.1. The number of nitrogens with zero attached hydrogens (tertiary/aromatic N) is 1. The highest BCUT2D eigenvalue weighted by Crippen LogP contribution is 2.35. The molecular weight excluding hydrogens is 296 g/mol. The SMILES string of the molecule is Nc1cccc2c1CCN2S(=O)(=O)c1ccc(Cl)cc1. The maximum absolute atomic E-state index is 12.7. The average Bonchev–Trinajstić information content (AvgIpc) is 2.85. The van der Waals surface area contributed by atoms with Crippen molar-refractivity contribution in [3.05, 3.63) is 53.1 Å². The van der Waals surface area contributed by atoms with Gasteiger partial charge >= 0.3 is 0 Å². The summed E-state index contributed by atoms with van der Waals surface area (Å²) in [5, 5.41) is 0.509. The molecule has 20 heavy (non-hydrogen) atoms. The zero-order valence-corrected chi connectivity index (χ0v) is 12.2. The lowest BCUT2D eigenvalue weighted by Crippen LogP contribution is -2.29. The molecule has 4 nitrogen and oxygen atoms in total. The van der Waals surface area contributed by atoms with E-state index in [2.05, 4.69) is 0 Å². The van der Waals surface area contributed by atoms with Gasteiger partial charge in [0.25, 0.3) is 10.0 Å². The summed E-state index contributed by atoms with van der Waals surface area (Å²) in [5.41, 5.74) is 8.09. The fraction of sp³-hybridized carbons (Fsp3) is 0.143. The van der Waals surface area contributed by atoms with Crippen molar-refractivity contribution < 1.29 is 8.42 Å². The molecule has 0 aromatic heterocycles. The monoisotopic (exact) mass is 308 g/mol. The van der Waals surface area contributed by atoms with Crippen LogP contribution in [0.25, 0.3) is 0 Å². The van der Waals surface area contributed by atoms with E-state index < -0.39 is 10.0 Å². The minimum Gasteiger partial charge on any atom is -0.398 e. The minimum absolute atomic E-state index is 0.233. The lowest BCUT2D eigenvalue weighted by Gasteiger charge is -2.19. The Morgan fingerprint density at radius 1 is 1.10 bits per heavy atom. The van der Waals surface area contributed by atoms with Crippen molar-refractivity contribution in [2.24, 2.45) is 0 Å². The Balaban J connectivity index is 2.07. The number of fused-ring (bicyclic) bond motifs is 1. The molecular formula is C14H13ClN2O2S. The number of benzene rings is 2. The maximum Gasteiger partial charge on any atom is 0.264 e. The van der Waals surface area contributed by atoms with E-state index >= 15 is 0 Å². The molecule has 0 amide bonds. The highest BCUT2D eigenvalue weighted by atomic mass is 35.5. The van der Waals surface area contributed by atoms with E-state index in [4.69, 9.17) is 17.3 Å². The molecule has 2 aromatic carbocycles. The fourth-order valence-corrected chi connectivity index (χ4v) is 4.04. The molecule has 0 bridgehead atoms. The van der Waals surface area contributed by atoms with Gasteiger partial charge in [-0.05, 0) is 42.8 Å². The summed E-state index contributed by atoms with van der Waals surface area (Å²) in [6.45, 7) is 0.411. The molecule has 0 saturated heterocycles. The number of hydrogen-bond acceptors (Lipinski definition) is 3. The van der Waals surface area contributed by atoms with E-state index in [1.165, 1.54) is 16.4 Å². The van der Waals surface area contributed by atoms with Gasteiger partial charge in [-0.2, -0.15) is 0 Å². The van der Waals surface area contributed by atoms with Crippen molar-refractivity contribution in [1.82, 2.24) is 0 Å². The first-order valence-electron chi connectivity index (χ1n) is 6.16. The summed E-state index contributed by atoms with van der Waals surface area (Å²) in [6, 6.07) is 11.5. The third-order valence-corrected chi connectivity index (χ3v) is 5.50. The van der Waals surface area contributed by atoms with E-state index in [-0.39, 0.29) is 4.90 Å². The van der Waals surface area contributed by atoms with Crippen LogP contribution in [0.15, 0.2) is 47.4 Å². The molecule has 3 rings (SSSR count). The number of hydrogen-bond donors (Lipinski definition) is 1. The number of halogens is 1. The molecule has 0 aliphatic carbocycles. The quantitative estimate of drug-likeness (QED) is 0.868. The van der Waals surface area contributed by atoms with Gasteiger partial charge in [0.05, 0.1) is 10.6 Å². The first-order chi connectivity index (χ1) is 9.50. The molecule has 0 fully saturated rings. The molecule has 1 aliphatic heterocycles. The Kier molecular flexibility index (Phi) is 3.11. The van der Waals surface area contributed by atoms with Gasteiger partial charge in [-0.15, -0.1) is 0 Å². The second-order valence-electron chi connectivity index (χ2n) is 4.63.